The van der Waals surface area contributed by atoms with Gasteiger partial charge in [0, 0.05) is 41.3 Å². The fourth-order valence-electron chi connectivity index (χ4n) is 7.92. The number of carbonyl (C=O) groups excluding carboxylic acids is 2. The Morgan fingerprint density at radius 1 is 0.815 bits per heavy atom. The van der Waals surface area contributed by atoms with Gasteiger partial charge >= 0.3 is 0 Å². The minimum absolute atomic E-state index is 0.00532. The fourth-order valence-corrected chi connectivity index (χ4v) is 8.12. The van der Waals surface area contributed by atoms with Crippen molar-refractivity contribution in [1.82, 2.24) is 4.90 Å². The van der Waals surface area contributed by atoms with E-state index in [1.165, 1.54) is 16.7 Å². The molecule has 0 spiro atoms. The van der Waals surface area contributed by atoms with Crippen molar-refractivity contribution in [1.29, 1.82) is 0 Å². The number of fused-ring (bicyclic) bond motifs is 2. The molecule has 1 N–H and O–H groups in total. The maximum Gasteiger partial charge on any atom is 0.230 e. The highest BCUT2D eigenvalue weighted by Gasteiger charge is 2.38. The molecule has 54 heavy (non-hydrogen) atoms. The highest BCUT2D eigenvalue weighted by atomic mass is 35.5. The van der Waals surface area contributed by atoms with Gasteiger partial charge in [0.05, 0.1) is 14.2 Å². The first kappa shape index (κ1) is 40.8. The van der Waals surface area contributed by atoms with E-state index in [9.17, 15) is 9.59 Å². The molecule has 4 atom stereocenters. The number of ether oxygens (including phenoxy) is 2. The molecule has 7 nitrogen and oxygen atoms in total. The lowest BCUT2D eigenvalue weighted by molar-refractivity contribution is -0.123. The first-order valence-corrected chi connectivity index (χ1v) is 19.8. The Hall–Kier alpha value is -4.33. The van der Waals surface area contributed by atoms with Crippen molar-refractivity contribution in [2.45, 2.75) is 71.1 Å². The fraction of sp³-hybridized carbons (Fsp3) is 0.435. The number of hydrogen-bond acceptors (Lipinski definition) is 5. The van der Waals surface area contributed by atoms with Gasteiger partial charge in [-0.05, 0) is 128 Å². The van der Waals surface area contributed by atoms with E-state index in [4.69, 9.17) is 21.1 Å². The van der Waals surface area contributed by atoms with Gasteiger partial charge in [0.25, 0.3) is 0 Å². The van der Waals surface area contributed by atoms with Crippen LogP contribution in [0.2, 0.25) is 5.02 Å². The molecule has 0 saturated heterocycles. The quantitative estimate of drug-likeness (QED) is 0.156. The summed E-state index contributed by atoms with van der Waals surface area (Å²) >= 11 is 6.37. The topological polar surface area (TPSA) is 71.1 Å². The number of nitrogens with one attached hydrogen (secondary N) is 1. The van der Waals surface area contributed by atoms with Crippen LogP contribution in [-0.4, -0.2) is 58.1 Å². The molecule has 0 bridgehead atoms. The Labute approximate surface area is 328 Å². The minimum atomic E-state index is -0.0771. The molecule has 0 saturated carbocycles. The van der Waals surface area contributed by atoms with Crippen LogP contribution in [0.25, 0.3) is 0 Å². The third kappa shape index (κ3) is 10.2. The first-order chi connectivity index (χ1) is 26.0. The molecular formula is C46H58ClN3O4. The van der Waals surface area contributed by atoms with E-state index in [2.05, 4.69) is 61.3 Å². The molecule has 0 aliphatic carbocycles. The molecule has 0 radical (unpaired) electrons. The van der Waals surface area contributed by atoms with Crippen molar-refractivity contribution in [3.8, 4) is 11.5 Å². The number of anilines is 2. The number of methoxy groups -OCH3 is 2. The average molecular weight is 752 g/mol. The van der Waals surface area contributed by atoms with Crippen LogP contribution >= 0.6 is 11.6 Å². The normalized spacial score (nSPS) is 19.6. The maximum absolute atomic E-state index is 13.9. The van der Waals surface area contributed by atoms with Crippen molar-refractivity contribution < 1.29 is 19.1 Å². The zero-order valence-corrected chi connectivity index (χ0v) is 33.9. The third-order valence-electron chi connectivity index (χ3n) is 10.8. The minimum Gasteiger partial charge on any atom is -0.497 e. The number of hydrogen-bond donors (Lipinski definition) is 1. The van der Waals surface area contributed by atoms with Crippen LogP contribution in [0.15, 0.2) is 91.0 Å². The lowest BCUT2D eigenvalue weighted by atomic mass is 9.78. The Morgan fingerprint density at radius 2 is 1.41 bits per heavy atom. The molecule has 6 rings (SSSR count). The second kappa shape index (κ2) is 19.3. The van der Waals surface area contributed by atoms with Gasteiger partial charge < -0.3 is 24.6 Å². The van der Waals surface area contributed by atoms with E-state index >= 15 is 0 Å². The Morgan fingerprint density at radius 3 is 1.98 bits per heavy atom. The van der Waals surface area contributed by atoms with Crippen LogP contribution in [0.1, 0.15) is 80.5 Å². The second-order valence-corrected chi connectivity index (χ2v) is 15.8. The molecule has 2 aliphatic heterocycles. The highest BCUT2D eigenvalue weighted by molar-refractivity contribution is 6.30. The van der Waals surface area contributed by atoms with Crippen LogP contribution < -0.4 is 19.7 Å². The number of benzene rings is 4. The summed E-state index contributed by atoms with van der Waals surface area (Å²) in [4.78, 5) is 30.9. The highest BCUT2D eigenvalue weighted by Crippen LogP contribution is 2.42. The largest absolute Gasteiger partial charge is 0.497 e. The van der Waals surface area contributed by atoms with Gasteiger partial charge in [0.2, 0.25) is 11.8 Å². The predicted octanol–water partition coefficient (Wildman–Crippen LogP) is 10.0. The number of likely N-dealkylation sites (N-methyl/N-ethyl adjacent to an activating group) is 1. The number of rotatable bonds is 12. The van der Waals surface area contributed by atoms with E-state index in [0.717, 1.165) is 73.5 Å². The lowest BCUT2D eigenvalue weighted by Gasteiger charge is -2.30. The third-order valence-corrected chi connectivity index (χ3v) is 11.1. The summed E-state index contributed by atoms with van der Waals surface area (Å²) in [6, 6.07) is 30.4. The number of carbonyl (C=O) groups is 2. The van der Waals surface area contributed by atoms with Crippen LogP contribution in [-0.2, 0) is 22.4 Å². The van der Waals surface area contributed by atoms with Crippen LogP contribution in [0.3, 0.4) is 0 Å². The van der Waals surface area contributed by atoms with Crippen molar-refractivity contribution in [3.63, 3.8) is 0 Å². The van der Waals surface area contributed by atoms with Gasteiger partial charge in [-0.2, -0.15) is 0 Å². The summed E-state index contributed by atoms with van der Waals surface area (Å²) in [5.74, 6) is 2.70. The molecule has 4 aromatic rings. The van der Waals surface area contributed by atoms with Crippen molar-refractivity contribution in [3.05, 3.63) is 118 Å². The van der Waals surface area contributed by atoms with Gasteiger partial charge in [0.1, 0.15) is 11.5 Å². The Balaban J connectivity index is 0.000000213. The summed E-state index contributed by atoms with van der Waals surface area (Å²) < 4.78 is 10.6. The predicted molar refractivity (Wildman–Crippen MR) is 222 cm³/mol. The Bertz CT molecular complexity index is 1820. The van der Waals surface area contributed by atoms with Crippen molar-refractivity contribution in [2.75, 3.05) is 51.6 Å². The molecule has 0 aromatic heterocycles. The van der Waals surface area contributed by atoms with Gasteiger partial charge in [-0.15, -0.1) is 0 Å². The number of nitrogens with zero attached hydrogens (tertiary/aromatic N) is 2. The number of amides is 2. The number of unbranched alkanes of at least 4 members (excludes halogenated alkanes) is 1. The lowest BCUT2D eigenvalue weighted by Crippen LogP contribution is -2.41. The summed E-state index contributed by atoms with van der Waals surface area (Å²) in [7, 11) is 7.43. The van der Waals surface area contributed by atoms with E-state index in [1.54, 1.807) is 14.2 Å². The molecule has 4 aromatic carbocycles. The molecule has 2 amide bonds. The van der Waals surface area contributed by atoms with E-state index in [-0.39, 0.29) is 35.5 Å². The molecule has 2 unspecified atom stereocenters. The maximum atomic E-state index is 13.9. The van der Waals surface area contributed by atoms with Crippen LogP contribution in [0.5, 0.6) is 11.5 Å². The molecule has 2 aliphatic rings. The summed E-state index contributed by atoms with van der Waals surface area (Å²) in [5.41, 5.74) is 6.70. The molecule has 8 heteroatoms. The van der Waals surface area contributed by atoms with Crippen molar-refractivity contribution in [2.24, 2.45) is 17.8 Å². The van der Waals surface area contributed by atoms with Crippen LogP contribution in [0.4, 0.5) is 11.4 Å². The first-order valence-electron chi connectivity index (χ1n) is 19.4. The van der Waals surface area contributed by atoms with Gasteiger partial charge in [-0.1, -0.05) is 87.7 Å². The molecule has 2 heterocycles. The van der Waals surface area contributed by atoms with Gasteiger partial charge in [0.15, 0.2) is 0 Å². The summed E-state index contributed by atoms with van der Waals surface area (Å²) in [6.45, 7) is 8.04. The van der Waals surface area contributed by atoms with Gasteiger partial charge in [-0.25, -0.2) is 0 Å². The number of para-hydroxylation sites is 1. The molecular weight excluding hydrogens is 694 g/mol. The van der Waals surface area contributed by atoms with Crippen molar-refractivity contribution >= 4 is 34.8 Å². The number of halogens is 1. The van der Waals surface area contributed by atoms with E-state index in [0.29, 0.717) is 17.5 Å². The zero-order chi connectivity index (χ0) is 38.8. The van der Waals surface area contributed by atoms with E-state index < -0.39 is 0 Å². The molecule has 0 fully saturated rings. The van der Waals surface area contributed by atoms with E-state index in [1.807, 2.05) is 79.7 Å². The SMILES string of the molecule is CCCCC1C(=O)Nc2ccccc2CC1c1ccc(OC)cc1.COc1ccc([C@H]2Cc3cc(Cl)ccc3N(CCN(C)C)C(=O)[C@H]2CC(C)C)cc1. The zero-order valence-electron chi connectivity index (χ0n) is 33.1. The smallest absolute Gasteiger partial charge is 0.230 e. The monoisotopic (exact) mass is 751 g/mol. The second-order valence-electron chi connectivity index (χ2n) is 15.4. The average Bonchev–Trinajstić information content (AvgIpc) is 3.38. The summed E-state index contributed by atoms with van der Waals surface area (Å²) in [5, 5.41) is 3.85. The molecule has 288 valence electrons. The standard InChI is InChI=1S/C25H33ClN2O2.C21H25NO2/c1-17(2)14-23-22(18-6-9-21(30-5)10-7-18)16-19-15-20(26)8-11-24(19)28(25(23)29)13-12-27(3)4;1-3-4-8-18-19(15-10-12-17(24-2)13-11-15)14-16-7-5-6-9-20(16)22-21(18)23/h6-11,15,17,22-23H,12-14,16H2,1-5H3;5-7,9-13,18-19H,3-4,8,14H2,1-2H3,(H,22,23)/t22-,23+;/m1./s1. The van der Waals surface area contributed by atoms with Crippen LogP contribution in [0, 0.1) is 17.8 Å². The van der Waals surface area contributed by atoms with Gasteiger partial charge in [-0.3, -0.25) is 9.59 Å². The summed E-state index contributed by atoms with van der Waals surface area (Å²) in [6.07, 6.45) is 5.63. The Kier molecular flexibility index (Phi) is 14.6.